The second-order valence-electron chi connectivity index (χ2n) is 23.3. The van der Waals surface area contributed by atoms with Gasteiger partial charge in [-0.25, -0.2) is 39.7 Å². The minimum absolute atomic E-state index is 0.00844. The molecule has 7 unspecified atom stereocenters. The van der Waals surface area contributed by atoms with Crippen molar-refractivity contribution in [2.45, 2.75) is 143 Å². The second kappa shape index (κ2) is 27.2. The molecule has 6 fully saturated rings. The van der Waals surface area contributed by atoms with Gasteiger partial charge in [0.05, 0.1) is 77.4 Å². The Morgan fingerprint density at radius 3 is 1.77 bits per heavy atom. The highest BCUT2D eigenvalue weighted by atomic mass is 32.7. The highest BCUT2D eigenvalue weighted by Crippen LogP contribution is 2.60. The average molecular weight is 1470 g/mol. The number of hydrogen-bond donors (Lipinski definition) is 6. The van der Waals surface area contributed by atoms with Gasteiger partial charge in [0.2, 0.25) is 5.95 Å². The van der Waals surface area contributed by atoms with Crippen LogP contribution in [0.15, 0.2) is 47.4 Å². The van der Waals surface area contributed by atoms with Crippen LogP contribution in [0.25, 0.3) is 33.5 Å². The summed E-state index contributed by atoms with van der Waals surface area (Å²) in [5, 5.41) is 11.7. The number of nitrogens with one attached hydrogen (secondary N) is 1. The molecule has 6 aliphatic heterocycles. The van der Waals surface area contributed by atoms with Gasteiger partial charge in [-0.05, 0) is 27.2 Å². The molecule has 0 aliphatic carbocycles. The van der Waals surface area contributed by atoms with E-state index in [1.807, 2.05) is 6.92 Å². The van der Waals surface area contributed by atoms with Crippen molar-refractivity contribution in [3.8, 4) is 0 Å². The predicted molar refractivity (Wildman–Crippen MR) is 337 cm³/mol. The molecule has 6 aliphatic rings. The van der Waals surface area contributed by atoms with E-state index in [9.17, 15) is 24.5 Å². The molecule has 7 aromatic rings. The standard InChI is InChI=1S/C51H69N18O22P3S3/c1-7-50-22(3)83-33(47(87-50)68-19-61-27-39(54)57-17-59-41(27)68)35(50)90-93(74,96)81-14-25-30(32(79-11-9-77-6)45(86-25)69-20-62-28-42(69)64-48(55)65-43(28)71)89-94(75,97)82-15-51-23(4)84-34(46(88-51)66-12-21(2)37(52)63-49(66)72)36(51)91-92(73,95)80-13-24-29(70)31(78-10-8-76-5)44(85-24)67-18-60-26-38(53)56-16-58-40(26)67/h12,16-20,22-25,29-36,44-47,70H,7-11,13-15H2,1-6H3,(H,73,95)(H,74,96)(H,75,97)(H2,52,63,72)(H2,53,56,58)(H2,54,57,59)(H3,55,64,65,71)/p-3/t22-,23-,24+,25+,29?,30?,31-,32-,33-,34-,35?,36?,44+,45+,46+,47+,50-,51-,92?,93?,94?/m0/s1. The quantitative estimate of drug-likeness (QED) is 0.0184. The number of aromatic nitrogens is 14. The zero-order valence-corrected chi connectivity index (χ0v) is 57.2. The van der Waals surface area contributed by atoms with E-state index in [0.717, 1.165) is 4.57 Å². The van der Waals surface area contributed by atoms with Crippen molar-refractivity contribution in [1.82, 2.24) is 68.1 Å². The molecule has 0 radical (unpaired) electrons. The molecule has 0 aromatic carbocycles. The number of aliphatic hydroxyl groups is 1. The Hall–Kier alpha value is -5.35. The number of aromatic amines is 1. The highest BCUT2D eigenvalue weighted by Gasteiger charge is 2.69. The zero-order chi connectivity index (χ0) is 68.8. The van der Waals surface area contributed by atoms with E-state index in [1.165, 1.54) is 68.1 Å². The lowest BCUT2D eigenvalue weighted by atomic mass is 9.91. The summed E-state index contributed by atoms with van der Waals surface area (Å²) in [5.74, 6) is -0.187. The van der Waals surface area contributed by atoms with E-state index < -0.39 is 161 Å². The van der Waals surface area contributed by atoms with Crippen LogP contribution in [0.2, 0.25) is 0 Å². The van der Waals surface area contributed by atoms with Crippen molar-refractivity contribution in [3.63, 3.8) is 0 Å². The van der Waals surface area contributed by atoms with Crippen molar-refractivity contribution in [3.05, 3.63) is 64.2 Å². The Morgan fingerprint density at radius 2 is 1.16 bits per heavy atom. The molecule has 10 N–H and O–H groups in total. The molecule has 97 heavy (non-hydrogen) atoms. The number of aryl methyl sites for hydroxylation is 1. The van der Waals surface area contributed by atoms with Crippen molar-refractivity contribution < 1.29 is 94.0 Å². The normalized spacial score (nSPS) is 33.4. The summed E-state index contributed by atoms with van der Waals surface area (Å²) < 4.78 is 120. The number of H-pyrrole nitrogens is 1. The Bertz CT molecular complexity index is 4370. The molecular weight excluding hydrogens is 1410 g/mol. The summed E-state index contributed by atoms with van der Waals surface area (Å²) in [6, 6.07) is 0. The Morgan fingerprint density at radius 1 is 0.649 bits per heavy atom. The summed E-state index contributed by atoms with van der Waals surface area (Å²) >= 11 is 16.9. The number of nitrogens with two attached hydrogens (primary N) is 4. The van der Waals surface area contributed by atoms with Crippen LogP contribution >= 0.6 is 20.2 Å². The van der Waals surface area contributed by atoms with Gasteiger partial charge in [-0.3, -0.25) is 32.6 Å². The first-order valence-electron chi connectivity index (χ1n) is 29.9. The van der Waals surface area contributed by atoms with Crippen LogP contribution in [-0.4, -0.2) is 218 Å². The smallest absolute Gasteiger partial charge is 0.351 e. The SMILES string of the molecule is CC[C@]12O[C@@H](n3cnc4c(N)ncnc43)[C@@H](O[C@H]1C)C2OP([O-])(=S)OC[C@H]1O[C@@H](n2cnc3c(=O)[nH]c(N)nc32)[C@@H](OCCOC)C1OP(=O)([S-])OC[C@]12O[C@@H](n3cc(C)c(N)nc3=O)[C@@H](O[C@H]1C)C2OP([O-])(=S)OC[C@H]1O[C@@H](n2cnc3c(N)ncnc32)[C@@H](OCCOC)C1O. The monoisotopic (exact) mass is 1470 g/mol. The number of nitrogens with zero attached hydrogens (tertiary/aromatic N) is 13. The Kier molecular flexibility index (Phi) is 19.7. The van der Waals surface area contributed by atoms with E-state index in [4.69, 9.17) is 133 Å². The third-order valence-electron chi connectivity index (χ3n) is 17.7. The number of fused-ring (bicyclic) bond motifs is 7. The van der Waals surface area contributed by atoms with Crippen LogP contribution in [0, 0.1) is 6.92 Å². The van der Waals surface area contributed by atoms with Gasteiger partial charge in [0.25, 0.3) is 5.56 Å². The van der Waals surface area contributed by atoms with Crippen LogP contribution in [-0.2, 0) is 115 Å². The molecule has 7 aromatic heterocycles. The van der Waals surface area contributed by atoms with E-state index in [-0.39, 0.29) is 78.6 Å². The fourth-order valence-corrected chi connectivity index (χ4v) is 17.2. The molecule has 528 valence electrons. The molecule has 21 atom stereocenters. The molecule has 46 heteroatoms. The van der Waals surface area contributed by atoms with E-state index >= 15 is 4.57 Å². The molecule has 0 saturated carbocycles. The highest BCUT2D eigenvalue weighted by molar-refractivity contribution is 8.32. The van der Waals surface area contributed by atoms with Gasteiger partial charge in [-0.15, -0.1) is 0 Å². The first kappa shape index (κ1) is 70.1. The van der Waals surface area contributed by atoms with Crippen LogP contribution in [0.5, 0.6) is 0 Å². The lowest BCUT2D eigenvalue weighted by molar-refractivity contribution is -0.225. The molecule has 6 saturated heterocycles. The number of nitrogen functional groups attached to an aromatic ring is 4. The maximum absolute atomic E-state index is 15.3. The Balaban J connectivity index is 0.780. The van der Waals surface area contributed by atoms with Crippen molar-refractivity contribution in [2.75, 3.05) is 83.4 Å². The number of hydrogen-bond acceptors (Lipinski definition) is 38. The Labute approximate surface area is 563 Å². The first-order valence-corrected chi connectivity index (χ1v) is 37.6. The molecular formula is C51H66N18O22P3S3-3. The van der Waals surface area contributed by atoms with Crippen molar-refractivity contribution >= 4 is 113 Å². The summed E-state index contributed by atoms with van der Waals surface area (Å²) in [5.41, 5.74) is 20.5. The molecule has 0 spiro atoms. The number of methoxy groups -OCH3 is 2. The summed E-state index contributed by atoms with van der Waals surface area (Å²) in [7, 11) is 2.87. The number of ether oxygens (including phenoxy) is 10. The number of anilines is 4. The van der Waals surface area contributed by atoms with Crippen molar-refractivity contribution in [2.24, 2.45) is 0 Å². The summed E-state index contributed by atoms with van der Waals surface area (Å²) in [4.78, 5) is 96.6. The maximum atomic E-state index is 15.3. The zero-order valence-electron chi connectivity index (χ0n) is 52.1. The minimum Gasteiger partial charge on any atom is -0.780 e. The second-order valence-corrected chi connectivity index (χ2v) is 31.4. The lowest BCUT2D eigenvalue weighted by Gasteiger charge is -2.40. The summed E-state index contributed by atoms with van der Waals surface area (Å²) in [6.45, 7) is -10.3. The molecule has 40 nitrogen and oxygen atoms in total. The van der Waals surface area contributed by atoms with Crippen LogP contribution < -0.4 is 44.0 Å². The van der Waals surface area contributed by atoms with Gasteiger partial charge >= 0.3 is 5.69 Å². The van der Waals surface area contributed by atoms with Gasteiger partial charge in [0, 0.05) is 26.0 Å². The van der Waals surface area contributed by atoms with Gasteiger partial charge in [-0.2, -0.15) is 9.97 Å². The van der Waals surface area contributed by atoms with Crippen LogP contribution in [0.3, 0.4) is 0 Å². The fraction of sp³-hybridized carbons (Fsp3) is 0.627. The van der Waals surface area contributed by atoms with Gasteiger partial charge in [0.15, 0.2) is 65.8 Å². The van der Waals surface area contributed by atoms with Crippen LogP contribution in [0.4, 0.5) is 23.4 Å². The minimum atomic E-state index is -5.06. The number of aliphatic hydroxyl groups excluding tert-OH is 1. The third kappa shape index (κ3) is 12.9. The number of imidazole rings is 3. The van der Waals surface area contributed by atoms with E-state index in [1.54, 1.807) is 18.4 Å². The summed E-state index contributed by atoms with van der Waals surface area (Å²) in [6.07, 6.45) is -12.2. The average Bonchev–Trinajstić information content (AvgIpc) is 1.56. The topological polar surface area (TPSA) is 521 Å². The maximum Gasteiger partial charge on any atom is 0.351 e. The van der Waals surface area contributed by atoms with Gasteiger partial charge in [0.1, 0.15) is 115 Å². The van der Waals surface area contributed by atoms with E-state index in [0.29, 0.717) is 16.7 Å². The fourth-order valence-electron chi connectivity index (χ4n) is 12.9. The molecule has 13 rings (SSSR count). The molecule has 13 heterocycles. The number of rotatable bonds is 28. The largest absolute Gasteiger partial charge is 0.780 e. The molecule has 0 amide bonds. The van der Waals surface area contributed by atoms with Gasteiger partial charge in [-0.1, -0.05) is 30.5 Å². The predicted octanol–water partition coefficient (Wildman–Crippen LogP) is -1.54. The van der Waals surface area contributed by atoms with Gasteiger partial charge < -0.3 is 125 Å². The molecule has 4 bridgehead atoms. The van der Waals surface area contributed by atoms with Crippen LogP contribution in [0.1, 0.15) is 57.7 Å². The first-order chi connectivity index (χ1) is 46.2. The van der Waals surface area contributed by atoms with E-state index in [2.05, 4.69) is 49.8 Å². The lowest BCUT2D eigenvalue weighted by Crippen LogP contribution is -2.51. The third-order valence-corrected chi connectivity index (χ3v) is 22.3. The van der Waals surface area contributed by atoms with Crippen molar-refractivity contribution in [1.29, 1.82) is 0 Å².